The van der Waals surface area contributed by atoms with Crippen LogP contribution in [0.4, 0.5) is 0 Å². The van der Waals surface area contributed by atoms with Crippen molar-refractivity contribution in [2.75, 3.05) is 6.54 Å². The number of aliphatic carboxylic acids is 1. The van der Waals surface area contributed by atoms with Gasteiger partial charge in [0.2, 0.25) is 0 Å². The molecular weight excluding hydrogens is 364 g/mol. The zero-order chi connectivity index (χ0) is 15.9. The Balaban J connectivity index is 2.41. The molecule has 0 radical (unpaired) electrons. The molecule has 21 heavy (non-hydrogen) atoms. The molecule has 0 bridgehead atoms. The minimum absolute atomic E-state index is 0.0550. The van der Waals surface area contributed by atoms with Crippen LogP contribution in [0.2, 0.25) is 20.1 Å². The third-order valence-corrected chi connectivity index (χ3v) is 4.76. The third kappa shape index (κ3) is 2.71. The first kappa shape index (κ1) is 16.4. The average molecular weight is 371 g/mol. The zero-order valence-corrected chi connectivity index (χ0v) is 13.3. The Hall–Kier alpha value is -1.01. The van der Waals surface area contributed by atoms with Gasteiger partial charge in [-0.3, -0.25) is 19.3 Å². The van der Waals surface area contributed by atoms with E-state index in [-0.39, 0.29) is 50.6 Å². The number of benzene rings is 1. The van der Waals surface area contributed by atoms with Crippen molar-refractivity contribution in [3.63, 3.8) is 0 Å². The molecule has 0 aliphatic carbocycles. The van der Waals surface area contributed by atoms with Gasteiger partial charge in [-0.15, -0.1) is 0 Å². The van der Waals surface area contributed by atoms with Crippen LogP contribution >= 0.6 is 46.4 Å². The fourth-order valence-corrected chi connectivity index (χ4v) is 3.00. The SMILES string of the molecule is O=C(O)CCCN1C(=O)c2c(Cl)c(Cl)c(Cl)c(Cl)c2C1=O. The smallest absolute Gasteiger partial charge is 0.303 e. The van der Waals surface area contributed by atoms with Crippen molar-refractivity contribution in [3.05, 3.63) is 31.2 Å². The second-order valence-electron chi connectivity index (χ2n) is 4.27. The quantitative estimate of drug-likeness (QED) is 0.497. The Morgan fingerprint density at radius 1 is 0.905 bits per heavy atom. The highest BCUT2D eigenvalue weighted by atomic mass is 35.5. The Labute approximate surface area is 139 Å². The lowest BCUT2D eigenvalue weighted by Gasteiger charge is -2.12. The van der Waals surface area contributed by atoms with Crippen molar-refractivity contribution in [3.8, 4) is 0 Å². The van der Waals surface area contributed by atoms with Gasteiger partial charge in [-0.2, -0.15) is 0 Å². The third-order valence-electron chi connectivity index (χ3n) is 2.96. The Kier molecular flexibility index (Phi) is 4.68. The van der Waals surface area contributed by atoms with Crippen LogP contribution in [0, 0.1) is 0 Å². The van der Waals surface area contributed by atoms with E-state index in [0.717, 1.165) is 4.90 Å². The number of hydrogen-bond donors (Lipinski definition) is 1. The van der Waals surface area contributed by atoms with Crippen molar-refractivity contribution in [2.24, 2.45) is 0 Å². The molecule has 1 aliphatic rings. The number of imide groups is 1. The molecule has 0 unspecified atom stereocenters. The Morgan fingerprint density at radius 3 is 1.71 bits per heavy atom. The molecule has 1 heterocycles. The largest absolute Gasteiger partial charge is 0.481 e. The number of rotatable bonds is 4. The zero-order valence-electron chi connectivity index (χ0n) is 10.3. The molecule has 1 aromatic carbocycles. The van der Waals surface area contributed by atoms with E-state index in [4.69, 9.17) is 51.5 Å². The minimum atomic E-state index is -1.02. The van der Waals surface area contributed by atoms with Crippen molar-refractivity contribution in [1.29, 1.82) is 0 Å². The summed E-state index contributed by atoms with van der Waals surface area (Å²) in [6.45, 7) is -0.0550. The predicted molar refractivity (Wildman–Crippen MR) is 78.7 cm³/mol. The van der Waals surface area contributed by atoms with E-state index in [1.165, 1.54) is 0 Å². The summed E-state index contributed by atoms with van der Waals surface area (Å²) in [6.07, 6.45) is -0.0477. The number of halogens is 4. The van der Waals surface area contributed by atoms with E-state index in [0.29, 0.717) is 0 Å². The second kappa shape index (κ2) is 6.01. The van der Waals surface area contributed by atoms with Gasteiger partial charge in [0.15, 0.2) is 0 Å². The molecule has 1 aromatic rings. The van der Waals surface area contributed by atoms with Crippen LogP contribution in [0.1, 0.15) is 33.6 Å². The van der Waals surface area contributed by atoms with Gasteiger partial charge in [0.1, 0.15) is 0 Å². The highest BCUT2D eigenvalue weighted by molar-refractivity contribution is 6.55. The molecular formula is C12H7Cl4NO4. The number of fused-ring (bicyclic) bond motifs is 1. The van der Waals surface area contributed by atoms with Crippen LogP contribution in [-0.4, -0.2) is 34.3 Å². The van der Waals surface area contributed by atoms with E-state index in [9.17, 15) is 14.4 Å². The lowest BCUT2D eigenvalue weighted by atomic mass is 10.1. The molecule has 0 saturated carbocycles. The molecule has 0 saturated heterocycles. The first-order chi connectivity index (χ1) is 9.77. The molecule has 0 aromatic heterocycles. The number of carboxylic acid groups (broad SMARTS) is 1. The van der Waals surface area contributed by atoms with Gasteiger partial charge in [0.05, 0.1) is 31.2 Å². The number of carboxylic acids is 1. The molecule has 0 atom stereocenters. The molecule has 5 nitrogen and oxygen atoms in total. The monoisotopic (exact) mass is 369 g/mol. The van der Waals surface area contributed by atoms with Crippen LogP contribution in [0.15, 0.2) is 0 Å². The maximum absolute atomic E-state index is 12.2. The van der Waals surface area contributed by atoms with Gasteiger partial charge in [-0.1, -0.05) is 46.4 Å². The first-order valence-corrected chi connectivity index (χ1v) is 7.22. The Bertz CT molecular complexity index is 627. The lowest BCUT2D eigenvalue weighted by Crippen LogP contribution is -2.31. The van der Waals surface area contributed by atoms with Gasteiger partial charge in [-0.05, 0) is 6.42 Å². The molecule has 9 heteroatoms. The number of hydrogen-bond acceptors (Lipinski definition) is 3. The second-order valence-corrected chi connectivity index (χ2v) is 5.78. The minimum Gasteiger partial charge on any atom is -0.481 e. The van der Waals surface area contributed by atoms with Crippen LogP contribution in [0.25, 0.3) is 0 Å². The van der Waals surface area contributed by atoms with Gasteiger partial charge < -0.3 is 5.11 Å². The predicted octanol–water partition coefficient (Wildman–Crippen LogP) is 3.76. The van der Waals surface area contributed by atoms with Gasteiger partial charge in [0, 0.05) is 13.0 Å². The summed E-state index contributed by atoms with van der Waals surface area (Å²) in [5.74, 6) is -2.34. The Morgan fingerprint density at radius 2 is 1.33 bits per heavy atom. The summed E-state index contributed by atoms with van der Waals surface area (Å²) in [5, 5.41) is 8.11. The molecule has 0 fully saturated rings. The standard InChI is InChI=1S/C12H7Cl4NO4/c13-7-5-6(8(14)10(16)9(7)15)12(21)17(11(5)20)3-1-2-4(18)19/h1-3H2,(H,18,19). The fraction of sp³-hybridized carbons (Fsp3) is 0.250. The fourth-order valence-electron chi connectivity index (χ4n) is 1.99. The van der Waals surface area contributed by atoms with Crippen LogP contribution in [0.5, 0.6) is 0 Å². The van der Waals surface area contributed by atoms with Crippen molar-refractivity contribution < 1.29 is 19.5 Å². The van der Waals surface area contributed by atoms with Gasteiger partial charge >= 0.3 is 5.97 Å². The molecule has 2 amide bonds. The molecule has 2 rings (SSSR count). The first-order valence-electron chi connectivity index (χ1n) is 5.71. The molecule has 1 N–H and O–H groups in total. The maximum Gasteiger partial charge on any atom is 0.303 e. The average Bonchev–Trinajstić information content (AvgIpc) is 2.67. The summed E-state index contributed by atoms with van der Waals surface area (Å²) in [6, 6.07) is 0. The summed E-state index contributed by atoms with van der Waals surface area (Å²) >= 11 is 23.6. The van der Waals surface area contributed by atoms with Crippen molar-refractivity contribution in [1.82, 2.24) is 4.90 Å². The van der Waals surface area contributed by atoms with Gasteiger partial charge in [0.25, 0.3) is 11.8 Å². The molecule has 112 valence electrons. The normalized spacial score (nSPS) is 13.8. The number of nitrogens with zero attached hydrogens (tertiary/aromatic N) is 1. The number of carbonyl (C=O) groups is 3. The van der Waals surface area contributed by atoms with Crippen LogP contribution in [0.3, 0.4) is 0 Å². The lowest BCUT2D eigenvalue weighted by molar-refractivity contribution is -0.137. The highest BCUT2D eigenvalue weighted by Crippen LogP contribution is 2.44. The van der Waals surface area contributed by atoms with Crippen LogP contribution < -0.4 is 0 Å². The number of carbonyl (C=O) groups excluding carboxylic acids is 2. The van der Waals surface area contributed by atoms with E-state index < -0.39 is 17.8 Å². The van der Waals surface area contributed by atoms with Crippen LogP contribution in [-0.2, 0) is 4.79 Å². The highest BCUT2D eigenvalue weighted by Gasteiger charge is 2.41. The maximum atomic E-state index is 12.2. The summed E-state index contributed by atoms with van der Waals surface area (Å²) in [5.41, 5.74) is -0.201. The summed E-state index contributed by atoms with van der Waals surface area (Å²) < 4.78 is 0. The van der Waals surface area contributed by atoms with E-state index in [1.807, 2.05) is 0 Å². The molecule has 1 aliphatic heterocycles. The van der Waals surface area contributed by atoms with E-state index >= 15 is 0 Å². The molecule has 0 spiro atoms. The van der Waals surface area contributed by atoms with E-state index in [2.05, 4.69) is 0 Å². The summed E-state index contributed by atoms with van der Waals surface area (Å²) in [4.78, 5) is 35.8. The van der Waals surface area contributed by atoms with Crippen molar-refractivity contribution in [2.45, 2.75) is 12.8 Å². The summed E-state index contributed by atoms with van der Waals surface area (Å²) in [7, 11) is 0. The van der Waals surface area contributed by atoms with Gasteiger partial charge in [-0.25, -0.2) is 0 Å². The topological polar surface area (TPSA) is 74.7 Å². The van der Waals surface area contributed by atoms with E-state index in [1.54, 1.807) is 0 Å². The number of amides is 2. The van der Waals surface area contributed by atoms with Crippen molar-refractivity contribution >= 4 is 64.2 Å².